The fourth-order valence-corrected chi connectivity index (χ4v) is 4.66. The third-order valence-electron chi connectivity index (χ3n) is 5.97. The van der Waals surface area contributed by atoms with E-state index in [9.17, 15) is 8.78 Å². The molecule has 0 aliphatic carbocycles. The summed E-state index contributed by atoms with van der Waals surface area (Å²) in [4.78, 5) is 0. The Balaban J connectivity index is 1.78. The second-order valence-electron chi connectivity index (χ2n) is 8.51. The number of aromatic nitrogens is 4. The van der Waals surface area contributed by atoms with Gasteiger partial charge in [-0.05, 0) is 57.0 Å². The molecule has 1 aliphatic heterocycles. The highest BCUT2D eigenvalue weighted by Gasteiger charge is 2.36. The van der Waals surface area contributed by atoms with Crippen molar-refractivity contribution in [3.05, 3.63) is 59.6 Å². The van der Waals surface area contributed by atoms with E-state index in [0.717, 1.165) is 22.5 Å². The van der Waals surface area contributed by atoms with Gasteiger partial charge >= 0.3 is 0 Å². The van der Waals surface area contributed by atoms with Crippen molar-refractivity contribution in [2.24, 2.45) is 0 Å². The van der Waals surface area contributed by atoms with Gasteiger partial charge in [0.25, 0.3) is 6.43 Å². The van der Waals surface area contributed by atoms with E-state index in [1.807, 2.05) is 38.3 Å². The van der Waals surface area contributed by atoms with Crippen molar-refractivity contribution in [2.45, 2.75) is 46.2 Å². The van der Waals surface area contributed by atoms with Gasteiger partial charge in [0.05, 0.1) is 23.5 Å². The highest BCUT2D eigenvalue weighted by molar-refractivity contribution is 5.97. The van der Waals surface area contributed by atoms with Gasteiger partial charge in [-0.15, -0.1) is 10.2 Å². The molecule has 160 valence electrons. The largest absolute Gasteiger partial charge is 0.371 e. The number of nitrogens with zero attached hydrogens (tertiary/aromatic N) is 4. The van der Waals surface area contributed by atoms with Gasteiger partial charge in [0.1, 0.15) is 11.6 Å². The second kappa shape index (κ2) is 6.60. The van der Waals surface area contributed by atoms with Gasteiger partial charge < -0.3 is 9.88 Å². The van der Waals surface area contributed by atoms with Gasteiger partial charge in [0.2, 0.25) is 0 Å². The third kappa shape index (κ3) is 2.85. The summed E-state index contributed by atoms with van der Waals surface area (Å²) in [5.41, 5.74) is 3.45. The lowest BCUT2D eigenvalue weighted by atomic mass is 9.92. The van der Waals surface area contributed by atoms with E-state index in [2.05, 4.69) is 15.5 Å². The molecule has 8 heteroatoms. The average molecular weight is 425 g/mol. The first-order chi connectivity index (χ1) is 14.7. The number of hydrogen-bond acceptors (Lipinski definition) is 3. The molecule has 0 fully saturated rings. The lowest BCUT2D eigenvalue weighted by Crippen LogP contribution is -2.36. The Labute approximate surface area is 177 Å². The monoisotopic (exact) mass is 425 g/mol. The van der Waals surface area contributed by atoms with Crippen LogP contribution in [0.15, 0.2) is 36.5 Å². The quantitative estimate of drug-likeness (QED) is 0.467. The van der Waals surface area contributed by atoms with Crippen LogP contribution in [0.2, 0.25) is 0 Å². The zero-order chi connectivity index (χ0) is 22.1. The summed E-state index contributed by atoms with van der Waals surface area (Å²) in [7, 11) is 0. The molecule has 2 aromatic carbocycles. The Kier molecular flexibility index (Phi) is 4.19. The number of alkyl halides is 2. The van der Waals surface area contributed by atoms with Crippen LogP contribution in [0.3, 0.4) is 0 Å². The van der Waals surface area contributed by atoms with E-state index in [0.29, 0.717) is 28.2 Å². The molecule has 2 aromatic heterocycles. The first kappa shape index (κ1) is 19.7. The third-order valence-corrected chi connectivity index (χ3v) is 5.97. The molecule has 5 rings (SSSR count). The summed E-state index contributed by atoms with van der Waals surface area (Å²) in [6.45, 7) is 7.29. The van der Waals surface area contributed by atoms with Crippen LogP contribution >= 0.6 is 0 Å². The smallest absolute Gasteiger partial charge is 0.256 e. The maximum absolute atomic E-state index is 15.5. The molecule has 0 amide bonds. The van der Waals surface area contributed by atoms with Crippen LogP contribution in [0.4, 0.5) is 18.9 Å². The van der Waals surface area contributed by atoms with Crippen LogP contribution in [-0.2, 0) is 12.1 Å². The molecular weight excluding hydrogens is 403 g/mol. The van der Waals surface area contributed by atoms with Crippen LogP contribution in [0.5, 0.6) is 0 Å². The van der Waals surface area contributed by atoms with Gasteiger partial charge in [-0.1, -0.05) is 12.1 Å². The zero-order valence-electron chi connectivity index (χ0n) is 17.7. The van der Waals surface area contributed by atoms with Crippen LogP contribution in [-0.4, -0.2) is 25.8 Å². The second-order valence-corrected chi connectivity index (χ2v) is 8.51. The van der Waals surface area contributed by atoms with Crippen molar-refractivity contribution in [3.63, 3.8) is 0 Å². The van der Waals surface area contributed by atoms with Gasteiger partial charge in [-0.25, -0.2) is 13.2 Å². The van der Waals surface area contributed by atoms with Crippen molar-refractivity contribution in [3.8, 4) is 16.8 Å². The molecule has 0 spiro atoms. The van der Waals surface area contributed by atoms with E-state index in [4.69, 9.17) is 0 Å². The standard InChI is InChI=1S/C23H22F3N5/c1-12-20(15-6-5-7-18-14(15)8-9-30(18)11-19(25)26)16(24)10-17-21(12)31-13(2)28-29-22(31)23(3,4)27-17/h5-10,19,27H,11H2,1-4H3. The van der Waals surface area contributed by atoms with Gasteiger partial charge in [-0.3, -0.25) is 4.57 Å². The van der Waals surface area contributed by atoms with E-state index >= 15 is 4.39 Å². The lowest BCUT2D eigenvalue weighted by Gasteiger charge is -2.35. The number of aryl methyl sites for hydroxylation is 1. The Morgan fingerprint density at radius 2 is 1.90 bits per heavy atom. The van der Waals surface area contributed by atoms with Crippen molar-refractivity contribution < 1.29 is 13.2 Å². The Morgan fingerprint density at radius 1 is 1.13 bits per heavy atom. The molecule has 0 saturated carbocycles. The highest BCUT2D eigenvalue weighted by Crippen LogP contribution is 2.44. The first-order valence-electron chi connectivity index (χ1n) is 10.1. The van der Waals surface area contributed by atoms with E-state index in [-0.39, 0.29) is 5.82 Å². The lowest BCUT2D eigenvalue weighted by molar-refractivity contribution is 0.128. The minimum absolute atomic E-state index is 0.372. The number of benzene rings is 2. The number of halogens is 3. The highest BCUT2D eigenvalue weighted by atomic mass is 19.3. The predicted molar refractivity (Wildman–Crippen MR) is 114 cm³/mol. The van der Waals surface area contributed by atoms with Gasteiger partial charge in [0, 0.05) is 22.7 Å². The number of anilines is 1. The van der Waals surface area contributed by atoms with E-state index < -0.39 is 18.5 Å². The SMILES string of the molecule is Cc1c(-c2cccc3c2ccn3CC(F)F)c(F)cc2c1-n1c(C)nnc1C(C)(C)N2. The number of rotatable bonds is 3. The number of nitrogens with one attached hydrogen (secondary N) is 1. The summed E-state index contributed by atoms with van der Waals surface area (Å²) in [6, 6.07) is 8.64. The summed E-state index contributed by atoms with van der Waals surface area (Å²) in [5, 5.41) is 12.7. The molecule has 0 saturated heterocycles. The van der Waals surface area contributed by atoms with Crippen LogP contribution in [0.1, 0.15) is 31.1 Å². The topological polar surface area (TPSA) is 47.7 Å². The maximum Gasteiger partial charge on any atom is 0.256 e. The van der Waals surface area contributed by atoms with Crippen molar-refractivity contribution in [1.82, 2.24) is 19.3 Å². The van der Waals surface area contributed by atoms with E-state index in [1.54, 1.807) is 24.4 Å². The fourth-order valence-electron chi connectivity index (χ4n) is 4.66. The maximum atomic E-state index is 15.5. The Hall–Kier alpha value is -3.29. The molecule has 0 bridgehead atoms. The predicted octanol–water partition coefficient (Wildman–Crippen LogP) is 5.57. The summed E-state index contributed by atoms with van der Waals surface area (Å²) < 4.78 is 44.9. The Bertz CT molecular complexity index is 1330. The molecule has 4 aromatic rings. The number of hydrogen-bond donors (Lipinski definition) is 1. The molecule has 31 heavy (non-hydrogen) atoms. The number of fused-ring (bicyclic) bond motifs is 4. The van der Waals surface area contributed by atoms with Crippen LogP contribution < -0.4 is 5.32 Å². The molecule has 0 unspecified atom stereocenters. The molecule has 0 radical (unpaired) electrons. The molecule has 0 atom stereocenters. The average Bonchev–Trinajstić information content (AvgIpc) is 3.26. The normalized spacial score (nSPS) is 14.6. The van der Waals surface area contributed by atoms with E-state index in [1.165, 1.54) is 10.6 Å². The minimum Gasteiger partial charge on any atom is -0.371 e. The molecule has 5 nitrogen and oxygen atoms in total. The molecule has 1 N–H and O–H groups in total. The van der Waals surface area contributed by atoms with Crippen LogP contribution in [0.25, 0.3) is 27.7 Å². The Morgan fingerprint density at radius 3 is 2.65 bits per heavy atom. The van der Waals surface area contributed by atoms with Crippen molar-refractivity contribution in [2.75, 3.05) is 5.32 Å². The van der Waals surface area contributed by atoms with Crippen molar-refractivity contribution >= 4 is 16.6 Å². The molecular formula is C23H22F3N5. The van der Waals surface area contributed by atoms with Gasteiger partial charge in [-0.2, -0.15) is 0 Å². The summed E-state index contributed by atoms with van der Waals surface area (Å²) >= 11 is 0. The molecule has 1 aliphatic rings. The zero-order valence-corrected chi connectivity index (χ0v) is 17.7. The van der Waals surface area contributed by atoms with Gasteiger partial charge in [0.15, 0.2) is 5.82 Å². The fraction of sp³-hybridized carbons (Fsp3) is 0.304. The summed E-state index contributed by atoms with van der Waals surface area (Å²) in [6.07, 6.45) is -0.844. The minimum atomic E-state index is -2.47. The first-order valence-corrected chi connectivity index (χ1v) is 10.1. The summed E-state index contributed by atoms with van der Waals surface area (Å²) in [5.74, 6) is 1.09. The molecule has 3 heterocycles. The van der Waals surface area contributed by atoms with Crippen molar-refractivity contribution in [1.29, 1.82) is 0 Å². The van der Waals surface area contributed by atoms with Crippen LogP contribution in [0, 0.1) is 19.7 Å².